The fourth-order valence-electron chi connectivity index (χ4n) is 1.04. The first-order chi connectivity index (χ1) is 5.29. The number of hydrogen-bond acceptors (Lipinski definition) is 2. The van der Waals surface area contributed by atoms with Gasteiger partial charge in [-0.05, 0) is 12.1 Å². The van der Waals surface area contributed by atoms with Crippen molar-refractivity contribution in [2.24, 2.45) is 7.05 Å². The zero-order valence-corrected chi connectivity index (χ0v) is 6.07. The van der Waals surface area contributed by atoms with E-state index in [1.54, 1.807) is 19.3 Å². The van der Waals surface area contributed by atoms with Crippen molar-refractivity contribution in [2.75, 3.05) is 0 Å². The molecular formula is C8H7NO2. The molecule has 0 unspecified atom stereocenters. The van der Waals surface area contributed by atoms with Crippen LogP contribution in [0.1, 0.15) is 0 Å². The summed E-state index contributed by atoms with van der Waals surface area (Å²) < 4.78 is 6.49. The average molecular weight is 149 g/mol. The topological polar surface area (TPSA) is 35.1 Å². The van der Waals surface area contributed by atoms with Crippen LogP contribution >= 0.6 is 0 Å². The first kappa shape index (κ1) is 6.22. The second-order valence-corrected chi connectivity index (χ2v) is 2.44. The molecule has 0 saturated carbocycles. The van der Waals surface area contributed by atoms with Crippen LogP contribution in [0.2, 0.25) is 0 Å². The van der Waals surface area contributed by atoms with Gasteiger partial charge in [-0.1, -0.05) is 0 Å². The van der Waals surface area contributed by atoms with Crippen molar-refractivity contribution < 1.29 is 4.42 Å². The molecule has 0 aromatic carbocycles. The lowest BCUT2D eigenvalue weighted by Gasteiger charge is -1.93. The number of furan rings is 1. The zero-order valence-electron chi connectivity index (χ0n) is 6.07. The molecule has 56 valence electrons. The van der Waals surface area contributed by atoms with Gasteiger partial charge in [-0.3, -0.25) is 4.79 Å². The van der Waals surface area contributed by atoms with Crippen molar-refractivity contribution in [2.45, 2.75) is 0 Å². The van der Waals surface area contributed by atoms with Crippen LogP contribution in [0.5, 0.6) is 0 Å². The highest BCUT2D eigenvalue weighted by Crippen LogP contribution is 2.08. The Balaban J connectivity index is 3.05. The third kappa shape index (κ3) is 0.774. The quantitative estimate of drug-likeness (QED) is 0.562. The summed E-state index contributed by atoms with van der Waals surface area (Å²) in [5.74, 6) is 0. The molecule has 0 atom stereocenters. The molecule has 0 aliphatic rings. The van der Waals surface area contributed by atoms with Crippen molar-refractivity contribution >= 4 is 11.0 Å². The molecule has 0 spiro atoms. The van der Waals surface area contributed by atoms with Crippen LogP contribution in [0.15, 0.2) is 33.8 Å². The minimum Gasteiger partial charge on any atom is -0.459 e. The van der Waals surface area contributed by atoms with Crippen LogP contribution in [0, 0.1) is 0 Å². The van der Waals surface area contributed by atoms with Crippen LogP contribution in [0.4, 0.5) is 0 Å². The van der Waals surface area contributed by atoms with E-state index in [2.05, 4.69) is 0 Å². The smallest absolute Gasteiger partial charge is 0.293 e. The molecule has 0 aliphatic carbocycles. The van der Waals surface area contributed by atoms with E-state index in [-0.39, 0.29) is 5.56 Å². The third-order valence-electron chi connectivity index (χ3n) is 1.69. The largest absolute Gasteiger partial charge is 0.459 e. The van der Waals surface area contributed by atoms with Crippen LogP contribution in [0.25, 0.3) is 11.0 Å². The molecule has 0 amide bonds. The van der Waals surface area contributed by atoms with E-state index in [1.807, 2.05) is 6.07 Å². The van der Waals surface area contributed by atoms with Gasteiger partial charge in [0.2, 0.25) is 0 Å². The van der Waals surface area contributed by atoms with Gasteiger partial charge in [0.15, 0.2) is 5.58 Å². The predicted molar refractivity (Wildman–Crippen MR) is 41.5 cm³/mol. The summed E-state index contributed by atoms with van der Waals surface area (Å²) in [4.78, 5) is 11.3. The Kier molecular flexibility index (Phi) is 1.12. The summed E-state index contributed by atoms with van der Waals surface area (Å²) in [6.07, 6.45) is 3.24. The molecule has 2 rings (SSSR count). The van der Waals surface area contributed by atoms with E-state index < -0.39 is 0 Å². The maximum Gasteiger partial charge on any atom is 0.293 e. The fraction of sp³-hybridized carbons (Fsp3) is 0.125. The minimum absolute atomic E-state index is 0.0903. The molecular weight excluding hydrogens is 142 g/mol. The van der Waals surface area contributed by atoms with E-state index in [0.717, 1.165) is 5.39 Å². The first-order valence-electron chi connectivity index (χ1n) is 3.32. The second-order valence-electron chi connectivity index (χ2n) is 2.44. The average Bonchev–Trinajstić information content (AvgIpc) is 2.45. The summed E-state index contributed by atoms with van der Waals surface area (Å²) in [6, 6.07) is 3.62. The van der Waals surface area contributed by atoms with Gasteiger partial charge in [0, 0.05) is 18.6 Å². The van der Waals surface area contributed by atoms with E-state index in [1.165, 1.54) is 10.8 Å². The molecule has 3 nitrogen and oxygen atoms in total. The van der Waals surface area contributed by atoms with Gasteiger partial charge in [-0.15, -0.1) is 0 Å². The zero-order chi connectivity index (χ0) is 7.84. The lowest BCUT2D eigenvalue weighted by atomic mass is 10.3. The van der Waals surface area contributed by atoms with Crippen molar-refractivity contribution in [3.8, 4) is 0 Å². The van der Waals surface area contributed by atoms with Gasteiger partial charge in [0.1, 0.15) is 0 Å². The molecule has 0 aliphatic heterocycles. The summed E-state index contributed by atoms with van der Waals surface area (Å²) in [5, 5.41) is 0.855. The molecule has 2 heterocycles. The molecule has 0 N–H and O–H groups in total. The number of fused-ring (bicyclic) bond motifs is 1. The first-order valence-corrected chi connectivity index (χ1v) is 3.32. The maximum atomic E-state index is 11.3. The predicted octanol–water partition coefficient (Wildman–Crippen LogP) is 1.13. The molecule has 0 fully saturated rings. The highest BCUT2D eigenvalue weighted by atomic mass is 16.3. The fourth-order valence-corrected chi connectivity index (χ4v) is 1.04. The molecule has 2 aromatic heterocycles. The maximum absolute atomic E-state index is 11.3. The number of pyridine rings is 1. The number of aryl methyl sites for hydroxylation is 1. The minimum atomic E-state index is -0.0903. The Hall–Kier alpha value is -1.51. The van der Waals surface area contributed by atoms with Gasteiger partial charge < -0.3 is 8.98 Å². The van der Waals surface area contributed by atoms with Crippen LogP contribution < -0.4 is 5.56 Å². The lowest BCUT2D eigenvalue weighted by Crippen LogP contribution is -2.14. The Morgan fingerprint density at radius 3 is 3.09 bits per heavy atom. The van der Waals surface area contributed by atoms with Crippen LogP contribution in [-0.4, -0.2) is 4.57 Å². The Labute approximate surface area is 62.9 Å². The van der Waals surface area contributed by atoms with Crippen molar-refractivity contribution in [3.05, 3.63) is 34.9 Å². The Morgan fingerprint density at radius 1 is 1.45 bits per heavy atom. The molecule has 0 bridgehead atoms. The van der Waals surface area contributed by atoms with Gasteiger partial charge >= 0.3 is 0 Å². The summed E-state index contributed by atoms with van der Waals surface area (Å²) in [5.41, 5.74) is 0.336. The number of aromatic nitrogens is 1. The summed E-state index contributed by atoms with van der Waals surface area (Å²) in [7, 11) is 1.70. The third-order valence-corrected chi connectivity index (χ3v) is 1.69. The van der Waals surface area contributed by atoms with Gasteiger partial charge in [-0.25, -0.2) is 0 Å². The number of rotatable bonds is 0. The van der Waals surface area contributed by atoms with E-state index in [0.29, 0.717) is 5.58 Å². The van der Waals surface area contributed by atoms with E-state index in [4.69, 9.17) is 4.42 Å². The molecule has 2 aromatic rings. The van der Waals surface area contributed by atoms with Crippen molar-refractivity contribution in [3.63, 3.8) is 0 Å². The molecule has 0 saturated heterocycles. The van der Waals surface area contributed by atoms with Crippen molar-refractivity contribution in [1.82, 2.24) is 4.57 Å². The number of nitrogens with zero attached hydrogens (tertiary/aromatic N) is 1. The summed E-state index contributed by atoms with van der Waals surface area (Å²) in [6.45, 7) is 0. The Bertz CT molecular complexity index is 439. The molecule has 0 radical (unpaired) electrons. The number of hydrogen-bond donors (Lipinski definition) is 0. The highest BCUT2D eigenvalue weighted by Gasteiger charge is 2.00. The van der Waals surface area contributed by atoms with E-state index >= 15 is 0 Å². The van der Waals surface area contributed by atoms with Gasteiger partial charge in [0.05, 0.1) is 6.26 Å². The van der Waals surface area contributed by atoms with E-state index in [9.17, 15) is 4.79 Å². The molecule has 11 heavy (non-hydrogen) atoms. The standard InChI is InChI=1S/C8H7NO2/c1-9-4-2-6-3-5-11-7(6)8(9)10/h2-5H,1H3. The Morgan fingerprint density at radius 2 is 2.27 bits per heavy atom. The highest BCUT2D eigenvalue weighted by molar-refractivity contribution is 5.75. The van der Waals surface area contributed by atoms with Crippen LogP contribution in [0.3, 0.4) is 0 Å². The second kappa shape index (κ2) is 1.99. The lowest BCUT2D eigenvalue weighted by molar-refractivity contribution is 0.605. The van der Waals surface area contributed by atoms with Crippen LogP contribution in [-0.2, 0) is 7.05 Å². The van der Waals surface area contributed by atoms with Gasteiger partial charge in [-0.2, -0.15) is 0 Å². The normalized spacial score (nSPS) is 10.6. The monoisotopic (exact) mass is 149 g/mol. The summed E-state index contributed by atoms with van der Waals surface area (Å²) >= 11 is 0. The molecule has 3 heteroatoms. The van der Waals surface area contributed by atoms with Gasteiger partial charge in [0.25, 0.3) is 5.56 Å². The van der Waals surface area contributed by atoms with Crippen molar-refractivity contribution in [1.29, 1.82) is 0 Å². The SMILES string of the molecule is Cn1ccc2ccoc2c1=O.